The highest BCUT2D eigenvalue weighted by molar-refractivity contribution is 7.91. The molecule has 0 bridgehead atoms. The van der Waals surface area contributed by atoms with Crippen molar-refractivity contribution in [3.63, 3.8) is 0 Å². The van der Waals surface area contributed by atoms with E-state index in [2.05, 4.69) is 16.9 Å². The van der Waals surface area contributed by atoms with Crippen molar-refractivity contribution in [2.75, 3.05) is 11.9 Å². The molecule has 1 heterocycles. The lowest BCUT2D eigenvalue weighted by atomic mass is 10.2. The summed E-state index contributed by atoms with van der Waals surface area (Å²) in [4.78, 5) is 4.09. The number of oxazole rings is 1. The molecule has 2 aromatic carbocycles. The molecule has 25 heavy (non-hydrogen) atoms. The molecule has 128 valence electrons. The molecule has 0 unspecified atom stereocenters. The molecule has 0 aliphatic carbocycles. The van der Waals surface area contributed by atoms with Crippen LogP contribution in [0, 0.1) is 5.82 Å². The Morgan fingerprint density at radius 2 is 1.80 bits per heavy atom. The molecule has 0 aliphatic rings. The fourth-order valence-electron chi connectivity index (χ4n) is 2.19. The van der Waals surface area contributed by atoms with E-state index in [4.69, 9.17) is 4.42 Å². The van der Waals surface area contributed by atoms with Gasteiger partial charge in [-0.15, -0.1) is 6.58 Å². The molecule has 3 aromatic rings. The van der Waals surface area contributed by atoms with Gasteiger partial charge in [0.1, 0.15) is 5.82 Å². The van der Waals surface area contributed by atoms with Crippen LogP contribution in [0.4, 0.5) is 10.3 Å². The summed E-state index contributed by atoms with van der Waals surface area (Å²) in [7, 11) is -3.97. The minimum atomic E-state index is -3.97. The standard InChI is InChI=1S/C18H15FN2O3S/c1-2-12-20-17-18(21-16(24-17)13-6-4-3-5-7-13)25(22,23)15-10-8-14(19)9-11-15/h2-11,20H,1,12H2. The summed E-state index contributed by atoms with van der Waals surface area (Å²) in [5.41, 5.74) is 0.643. The summed E-state index contributed by atoms with van der Waals surface area (Å²) < 4.78 is 44.4. The summed E-state index contributed by atoms with van der Waals surface area (Å²) >= 11 is 0. The van der Waals surface area contributed by atoms with Gasteiger partial charge in [0.15, 0.2) is 0 Å². The van der Waals surface area contributed by atoms with E-state index >= 15 is 0 Å². The third-order valence-electron chi connectivity index (χ3n) is 3.40. The Kier molecular flexibility index (Phi) is 4.67. The quantitative estimate of drug-likeness (QED) is 0.534. The maximum Gasteiger partial charge on any atom is 0.234 e. The summed E-state index contributed by atoms with van der Waals surface area (Å²) in [6.07, 6.45) is 1.57. The molecular formula is C18H15FN2O3S. The van der Waals surface area contributed by atoms with Crippen LogP contribution in [0.3, 0.4) is 0 Å². The monoisotopic (exact) mass is 358 g/mol. The van der Waals surface area contributed by atoms with Crippen molar-refractivity contribution in [1.82, 2.24) is 4.98 Å². The molecule has 0 spiro atoms. The van der Waals surface area contributed by atoms with Crippen molar-refractivity contribution in [2.45, 2.75) is 9.92 Å². The highest BCUT2D eigenvalue weighted by Crippen LogP contribution is 2.32. The van der Waals surface area contributed by atoms with E-state index in [0.717, 1.165) is 12.1 Å². The highest BCUT2D eigenvalue weighted by atomic mass is 32.2. The van der Waals surface area contributed by atoms with Gasteiger partial charge in [0.25, 0.3) is 0 Å². The molecule has 1 N–H and O–H groups in total. The van der Waals surface area contributed by atoms with E-state index in [1.54, 1.807) is 30.3 Å². The van der Waals surface area contributed by atoms with Crippen LogP contribution >= 0.6 is 0 Å². The lowest BCUT2D eigenvalue weighted by molar-refractivity contribution is 0.578. The van der Waals surface area contributed by atoms with Gasteiger partial charge in [-0.05, 0) is 36.4 Å². The maximum absolute atomic E-state index is 13.1. The van der Waals surface area contributed by atoms with Crippen molar-refractivity contribution in [2.24, 2.45) is 0 Å². The van der Waals surface area contributed by atoms with Crippen molar-refractivity contribution >= 4 is 15.7 Å². The number of sulfone groups is 1. The Hall–Kier alpha value is -2.93. The number of nitrogens with one attached hydrogen (secondary N) is 1. The van der Waals surface area contributed by atoms with Gasteiger partial charge < -0.3 is 9.73 Å². The summed E-state index contributed by atoms with van der Waals surface area (Å²) in [5.74, 6) is -0.329. The molecule has 5 nitrogen and oxygen atoms in total. The first-order valence-corrected chi connectivity index (χ1v) is 8.92. The minimum Gasteiger partial charge on any atom is -0.419 e. The number of anilines is 1. The predicted octanol–water partition coefficient (Wildman–Crippen LogP) is 3.91. The first-order chi connectivity index (χ1) is 12.0. The first kappa shape index (κ1) is 16.9. The SMILES string of the molecule is C=CCNc1oc(-c2ccccc2)nc1S(=O)(=O)c1ccc(F)cc1. The van der Waals surface area contributed by atoms with Gasteiger partial charge in [0, 0.05) is 12.1 Å². The van der Waals surface area contributed by atoms with E-state index in [9.17, 15) is 12.8 Å². The Bertz CT molecular complexity index is 981. The molecule has 0 amide bonds. The number of hydrogen-bond donors (Lipinski definition) is 1. The number of rotatable bonds is 6. The molecule has 0 saturated carbocycles. The lowest BCUT2D eigenvalue weighted by Crippen LogP contribution is -2.07. The maximum atomic E-state index is 13.1. The summed E-state index contributed by atoms with van der Waals surface area (Å²) in [5, 5.41) is 2.59. The molecule has 0 atom stereocenters. The third-order valence-corrected chi connectivity index (χ3v) is 5.08. The van der Waals surface area contributed by atoms with Crippen LogP contribution < -0.4 is 5.32 Å². The van der Waals surface area contributed by atoms with Crippen LogP contribution in [-0.2, 0) is 9.84 Å². The van der Waals surface area contributed by atoms with Gasteiger partial charge in [-0.2, -0.15) is 4.98 Å². The first-order valence-electron chi connectivity index (χ1n) is 7.44. The van der Waals surface area contributed by atoms with Gasteiger partial charge in [-0.25, -0.2) is 12.8 Å². The Balaban J connectivity index is 2.11. The fourth-order valence-corrected chi connectivity index (χ4v) is 3.47. The summed E-state index contributed by atoms with van der Waals surface area (Å²) in [6.45, 7) is 3.89. The Morgan fingerprint density at radius 1 is 1.12 bits per heavy atom. The van der Waals surface area contributed by atoms with Gasteiger partial charge in [0.05, 0.1) is 4.90 Å². The second kappa shape index (κ2) is 6.90. The molecule has 1 aromatic heterocycles. The third kappa shape index (κ3) is 3.46. The number of benzene rings is 2. The second-order valence-corrected chi connectivity index (χ2v) is 7.01. The fraction of sp³-hybridized carbons (Fsp3) is 0.0556. The van der Waals surface area contributed by atoms with Gasteiger partial charge in [-0.3, -0.25) is 0 Å². The zero-order valence-corrected chi connectivity index (χ0v) is 14.0. The van der Waals surface area contributed by atoms with Crippen molar-refractivity contribution in [3.05, 3.63) is 73.1 Å². The van der Waals surface area contributed by atoms with Crippen molar-refractivity contribution in [1.29, 1.82) is 0 Å². The normalized spacial score (nSPS) is 11.2. The van der Waals surface area contributed by atoms with E-state index in [-0.39, 0.29) is 21.7 Å². The lowest BCUT2D eigenvalue weighted by Gasteiger charge is -2.04. The number of hydrogen-bond acceptors (Lipinski definition) is 5. The number of aromatic nitrogens is 1. The Labute approximate surface area is 144 Å². The number of halogens is 1. The van der Waals surface area contributed by atoms with Gasteiger partial charge in [-0.1, -0.05) is 24.3 Å². The zero-order valence-electron chi connectivity index (χ0n) is 13.1. The molecule has 0 radical (unpaired) electrons. The van der Waals surface area contributed by atoms with E-state index < -0.39 is 15.7 Å². The smallest absolute Gasteiger partial charge is 0.234 e. The zero-order chi connectivity index (χ0) is 17.9. The average molecular weight is 358 g/mol. The molecule has 0 fully saturated rings. The van der Waals surface area contributed by atoms with E-state index in [1.165, 1.54) is 12.1 Å². The van der Waals surface area contributed by atoms with Gasteiger partial charge in [0.2, 0.25) is 26.6 Å². The predicted molar refractivity (Wildman–Crippen MR) is 92.5 cm³/mol. The Morgan fingerprint density at radius 3 is 2.44 bits per heavy atom. The molecule has 3 rings (SSSR count). The van der Waals surface area contributed by atoms with Crippen molar-refractivity contribution < 1.29 is 17.2 Å². The van der Waals surface area contributed by atoms with Crippen LogP contribution in [-0.4, -0.2) is 19.9 Å². The largest absolute Gasteiger partial charge is 0.419 e. The molecule has 7 heteroatoms. The van der Waals surface area contributed by atoms with Gasteiger partial charge >= 0.3 is 0 Å². The van der Waals surface area contributed by atoms with Crippen LogP contribution in [0.1, 0.15) is 0 Å². The molecule has 0 aliphatic heterocycles. The highest BCUT2D eigenvalue weighted by Gasteiger charge is 2.28. The minimum absolute atomic E-state index is 0.0167. The van der Waals surface area contributed by atoms with Crippen molar-refractivity contribution in [3.8, 4) is 11.5 Å². The van der Waals surface area contributed by atoms with Crippen LogP contribution in [0.5, 0.6) is 0 Å². The van der Waals surface area contributed by atoms with E-state index in [0.29, 0.717) is 12.1 Å². The van der Waals surface area contributed by atoms with Crippen LogP contribution in [0.25, 0.3) is 11.5 Å². The topological polar surface area (TPSA) is 72.2 Å². The van der Waals surface area contributed by atoms with Crippen LogP contribution in [0.2, 0.25) is 0 Å². The molecule has 0 saturated heterocycles. The van der Waals surface area contributed by atoms with Crippen LogP contribution in [0.15, 0.2) is 81.6 Å². The second-order valence-electron chi connectivity index (χ2n) is 5.15. The molecular weight excluding hydrogens is 343 g/mol. The summed E-state index contributed by atoms with van der Waals surface area (Å²) in [6, 6.07) is 13.5. The van der Waals surface area contributed by atoms with E-state index in [1.807, 2.05) is 6.07 Å². The average Bonchev–Trinajstić information content (AvgIpc) is 3.06. The number of nitrogens with zero attached hydrogens (tertiary/aromatic N) is 1.